The molecule has 2 N–H and O–H groups in total. The lowest BCUT2D eigenvalue weighted by molar-refractivity contribution is 0.415. The molecule has 0 amide bonds. The Bertz CT molecular complexity index is 970. The maximum atomic E-state index is 5.59. The van der Waals surface area contributed by atoms with E-state index in [1.165, 1.54) is 0 Å². The number of benzene rings is 1. The predicted octanol–water partition coefficient (Wildman–Crippen LogP) is 3.75. The summed E-state index contributed by atoms with van der Waals surface area (Å²) in [6, 6.07) is 12.5. The van der Waals surface area contributed by atoms with Gasteiger partial charge in [-0.05, 0) is 36.9 Å². The fourth-order valence-electron chi connectivity index (χ4n) is 3.55. The molecule has 1 fully saturated rings. The van der Waals surface area contributed by atoms with Gasteiger partial charge in [0.1, 0.15) is 17.7 Å². The highest BCUT2D eigenvalue weighted by atomic mass is 32.1. The van der Waals surface area contributed by atoms with Gasteiger partial charge in [0, 0.05) is 25.7 Å². The molecule has 30 heavy (non-hydrogen) atoms. The molecule has 1 aliphatic rings. The molecule has 0 aliphatic carbocycles. The van der Waals surface area contributed by atoms with Crippen LogP contribution in [0.4, 0.5) is 5.69 Å². The number of ether oxygens (including phenoxy) is 1. The smallest absolute Gasteiger partial charge is 0.236 e. The molecule has 2 aromatic heterocycles. The number of oxazole rings is 1. The van der Waals surface area contributed by atoms with E-state index in [9.17, 15) is 0 Å². The number of anilines is 1. The molecule has 1 aromatic carbocycles. The Hall–Kier alpha value is -3.00. The molecule has 3 aromatic rings. The van der Waals surface area contributed by atoms with Gasteiger partial charge in [-0.15, -0.1) is 11.3 Å². The molecule has 8 heteroatoms. The molecule has 1 unspecified atom stereocenters. The Labute approximate surface area is 180 Å². The van der Waals surface area contributed by atoms with Crippen molar-refractivity contribution in [1.29, 1.82) is 0 Å². The molecular formula is C22H27N5O2S. The van der Waals surface area contributed by atoms with E-state index < -0.39 is 0 Å². The topological polar surface area (TPSA) is 74.9 Å². The number of aromatic nitrogens is 1. The van der Waals surface area contributed by atoms with Crippen molar-refractivity contribution in [3.8, 4) is 16.5 Å². The second kappa shape index (κ2) is 9.67. The zero-order chi connectivity index (χ0) is 20.8. The monoisotopic (exact) mass is 425 g/mol. The van der Waals surface area contributed by atoms with Crippen molar-refractivity contribution >= 4 is 23.0 Å². The first-order valence-electron chi connectivity index (χ1n) is 10.2. The number of nitrogens with one attached hydrogen (secondary N) is 2. The maximum Gasteiger partial charge on any atom is 0.236 e. The van der Waals surface area contributed by atoms with Crippen molar-refractivity contribution < 1.29 is 9.15 Å². The van der Waals surface area contributed by atoms with Gasteiger partial charge in [0.15, 0.2) is 5.96 Å². The average Bonchev–Trinajstić information content (AvgIpc) is 3.53. The standard InChI is InChI=1S/C22H27N5O2S/c1-3-23-22(24-13-17-15-29-21(25-17)20-9-6-12-30-20)26-16-10-11-27(14-16)18-7-4-5-8-19(18)28-2/h4-9,12,15-16H,3,10-11,13-14H2,1-2H3,(H2,23,24,26). The number of hydrogen-bond donors (Lipinski definition) is 2. The van der Waals surface area contributed by atoms with Crippen LogP contribution in [0.2, 0.25) is 0 Å². The van der Waals surface area contributed by atoms with Crippen LogP contribution in [0.1, 0.15) is 19.0 Å². The van der Waals surface area contributed by atoms with Gasteiger partial charge >= 0.3 is 0 Å². The first-order chi connectivity index (χ1) is 14.8. The van der Waals surface area contributed by atoms with Gasteiger partial charge in [-0.3, -0.25) is 0 Å². The minimum atomic E-state index is 0.312. The number of aliphatic imine (C=N–C) groups is 1. The van der Waals surface area contributed by atoms with E-state index >= 15 is 0 Å². The lowest BCUT2D eigenvalue weighted by Gasteiger charge is -2.22. The molecule has 1 atom stereocenters. The van der Waals surface area contributed by atoms with E-state index in [0.717, 1.165) is 54.0 Å². The summed E-state index contributed by atoms with van der Waals surface area (Å²) in [5.74, 6) is 2.35. The second-order valence-electron chi connectivity index (χ2n) is 7.06. The molecule has 0 radical (unpaired) electrons. The highest BCUT2D eigenvalue weighted by Gasteiger charge is 2.25. The van der Waals surface area contributed by atoms with Crippen LogP contribution in [0.25, 0.3) is 10.8 Å². The van der Waals surface area contributed by atoms with Gasteiger partial charge in [0.2, 0.25) is 5.89 Å². The van der Waals surface area contributed by atoms with Crippen molar-refractivity contribution in [3.05, 3.63) is 53.7 Å². The van der Waals surface area contributed by atoms with Crippen molar-refractivity contribution in [2.45, 2.75) is 25.9 Å². The predicted molar refractivity (Wildman–Crippen MR) is 121 cm³/mol. The van der Waals surface area contributed by atoms with Crippen LogP contribution >= 0.6 is 11.3 Å². The first kappa shape index (κ1) is 20.3. The Morgan fingerprint density at radius 2 is 2.23 bits per heavy atom. The molecule has 0 spiro atoms. The number of hydrogen-bond acceptors (Lipinski definition) is 6. The maximum absolute atomic E-state index is 5.59. The zero-order valence-corrected chi connectivity index (χ0v) is 18.1. The van der Waals surface area contributed by atoms with E-state index in [2.05, 4.69) is 33.5 Å². The summed E-state index contributed by atoms with van der Waals surface area (Å²) in [6.45, 7) is 5.21. The number of rotatable bonds is 7. The van der Waals surface area contributed by atoms with Crippen LogP contribution in [0, 0.1) is 0 Å². The minimum Gasteiger partial charge on any atom is -0.495 e. The molecular weight excluding hydrogens is 398 g/mol. The molecule has 3 heterocycles. The van der Waals surface area contributed by atoms with Crippen molar-refractivity contribution in [2.24, 2.45) is 4.99 Å². The zero-order valence-electron chi connectivity index (χ0n) is 17.3. The van der Waals surface area contributed by atoms with E-state index in [4.69, 9.17) is 14.1 Å². The van der Waals surface area contributed by atoms with Gasteiger partial charge in [-0.25, -0.2) is 9.98 Å². The first-order valence-corrected chi connectivity index (χ1v) is 11.1. The number of guanidine groups is 1. The normalized spacial score (nSPS) is 16.7. The van der Waals surface area contributed by atoms with Crippen molar-refractivity contribution in [1.82, 2.24) is 15.6 Å². The summed E-state index contributed by atoms with van der Waals surface area (Å²) in [5.41, 5.74) is 1.95. The lowest BCUT2D eigenvalue weighted by atomic mass is 10.2. The molecule has 7 nitrogen and oxygen atoms in total. The van der Waals surface area contributed by atoms with E-state index in [1.807, 2.05) is 35.7 Å². The van der Waals surface area contributed by atoms with Crippen LogP contribution < -0.4 is 20.3 Å². The summed E-state index contributed by atoms with van der Waals surface area (Å²) in [7, 11) is 1.72. The SMILES string of the molecule is CCNC(=NCc1coc(-c2cccs2)n1)NC1CCN(c2ccccc2OC)C1. The second-order valence-corrected chi connectivity index (χ2v) is 8.01. The third-order valence-electron chi connectivity index (χ3n) is 4.98. The number of nitrogens with zero attached hydrogens (tertiary/aromatic N) is 3. The molecule has 4 rings (SSSR count). The lowest BCUT2D eigenvalue weighted by Crippen LogP contribution is -2.44. The minimum absolute atomic E-state index is 0.312. The van der Waals surface area contributed by atoms with Crippen molar-refractivity contribution in [2.75, 3.05) is 31.6 Å². The van der Waals surface area contributed by atoms with E-state index in [0.29, 0.717) is 18.5 Å². The molecule has 158 valence electrons. The molecule has 0 bridgehead atoms. The van der Waals surface area contributed by atoms with E-state index in [1.54, 1.807) is 24.7 Å². The third-order valence-corrected chi connectivity index (χ3v) is 5.84. The number of thiophene rings is 1. The Kier molecular flexibility index (Phi) is 6.53. The summed E-state index contributed by atoms with van der Waals surface area (Å²) in [4.78, 5) is 12.6. The summed E-state index contributed by atoms with van der Waals surface area (Å²) in [6.07, 6.45) is 2.72. The highest BCUT2D eigenvalue weighted by molar-refractivity contribution is 7.13. The van der Waals surface area contributed by atoms with Gasteiger partial charge in [0.25, 0.3) is 0 Å². The molecule has 1 aliphatic heterocycles. The van der Waals surface area contributed by atoms with E-state index in [-0.39, 0.29) is 0 Å². The largest absolute Gasteiger partial charge is 0.495 e. The number of methoxy groups -OCH3 is 1. The number of para-hydroxylation sites is 2. The molecule has 0 saturated carbocycles. The quantitative estimate of drug-likeness (QED) is 0.444. The Morgan fingerprint density at radius 1 is 1.33 bits per heavy atom. The van der Waals surface area contributed by atoms with Crippen LogP contribution in [0.15, 0.2) is 57.5 Å². The summed E-state index contributed by atoms with van der Waals surface area (Å²) in [5, 5.41) is 8.90. The third kappa shape index (κ3) is 4.76. The highest BCUT2D eigenvalue weighted by Crippen LogP contribution is 2.30. The Morgan fingerprint density at radius 3 is 3.03 bits per heavy atom. The van der Waals surface area contributed by atoms with Gasteiger partial charge < -0.3 is 24.7 Å². The molecule has 1 saturated heterocycles. The fraction of sp³-hybridized carbons (Fsp3) is 0.364. The van der Waals surface area contributed by atoms with Crippen LogP contribution in [0.5, 0.6) is 5.75 Å². The van der Waals surface area contributed by atoms with Crippen molar-refractivity contribution in [3.63, 3.8) is 0 Å². The van der Waals surface area contributed by atoms with Crippen LogP contribution in [-0.4, -0.2) is 43.7 Å². The van der Waals surface area contributed by atoms with Crippen LogP contribution in [-0.2, 0) is 6.54 Å². The van der Waals surface area contributed by atoms with Gasteiger partial charge in [-0.1, -0.05) is 18.2 Å². The van der Waals surface area contributed by atoms with Gasteiger partial charge in [0.05, 0.1) is 24.2 Å². The summed E-state index contributed by atoms with van der Waals surface area (Å²) >= 11 is 1.61. The van der Waals surface area contributed by atoms with Gasteiger partial charge in [-0.2, -0.15) is 0 Å². The van der Waals surface area contributed by atoms with Crippen LogP contribution in [0.3, 0.4) is 0 Å². The fourth-order valence-corrected chi connectivity index (χ4v) is 4.21. The average molecular weight is 426 g/mol. The summed E-state index contributed by atoms with van der Waals surface area (Å²) < 4.78 is 11.1. The Balaban J connectivity index is 1.38.